The highest BCUT2D eigenvalue weighted by atomic mass is 32.1. The highest BCUT2D eigenvalue weighted by Crippen LogP contribution is 2.56. The maximum Gasteiger partial charge on any atom is 0.255 e. The number of hydrogen-bond acceptors (Lipinski definition) is 6. The summed E-state index contributed by atoms with van der Waals surface area (Å²) in [7, 11) is 0. The van der Waals surface area contributed by atoms with E-state index in [0.29, 0.717) is 51.9 Å². The van der Waals surface area contributed by atoms with Crippen LogP contribution >= 0.6 is 11.3 Å². The molecule has 3 aromatic rings. The van der Waals surface area contributed by atoms with Crippen LogP contribution in [0.2, 0.25) is 0 Å². The minimum atomic E-state index is -2.65. The maximum absolute atomic E-state index is 13.4. The molecule has 0 radical (unpaired) electrons. The average Bonchev–Trinajstić information content (AvgIpc) is 3.28. The first kappa shape index (κ1) is 23.9. The summed E-state index contributed by atoms with van der Waals surface area (Å²) in [6, 6.07) is 14.1. The zero-order valence-electron chi connectivity index (χ0n) is 19.3. The smallest absolute Gasteiger partial charge is 0.255 e. The van der Waals surface area contributed by atoms with Crippen molar-refractivity contribution in [3.8, 4) is 23.1 Å². The normalized spacial score (nSPS) is 21.4. The first-order chi connectivity index (χ1) is 17.2. The van der Waals surface area contributed by atoms with Crippen molar-refractivity contribution in [1.82, 2.24) is 10.3 Å². The Morgan fingerprint density at radius 2 is 2.08 bits per heavy atom. The van der Waals surface area contributed by atoms with E-state index in [2.05, 4.69) is 21.7 Å². The number of thiazole rings is 1. The Labute approximate surface area is 210 Å². The van der Waals surface area contributed by atoms with Gasteiger partial charge in [-0.25, -0.2) is 13.8 Å². The predicted octanol–water partition coefficient (Wildman–Crippen LogP) is 4.86. The van der Waals surface area contributed by atoms with E-state index in [1.165, 1.54) is 11.3 Å². The molecule has 0 spiro atoms. The molecule has 2 aromatic carbocycles. The number of nitriles is 1. The number of hydrogen-bond donors (Lipinski definition) is 2. The molecule has 2 atom stereocenters. The summed E-state index contributed by atoms with van der Waals surface area (Å²) in [5, 5.41) is 16.9. The summed E-state index contributed by atoms with van der Waals surface area (Å²) in [6.07, 6.45) is 0.383. The van der Waals surface area contributed by atoms with E-state index in [1.54, 1.807) is 47.8 Å². The zero-order valence-corrected chi connectivity index (χ0v) is 20.1. The molecule has 0 saturated heterocycles. The zero-order chi connectivity index (χ0) is 25.5. The lowest BCUT2D eigenvalue weighted by atomic mass is 9.78. The molecule has 5 rings (SSSR count). The van der Waals surface area contributed by atoms with E-state index in [-0.39, 0.29) is 13.0 Å². The van der Waals surface area contributed by atoms with Crippen LogP contribution < -0.4 is 15.4 Å². The van der Waals surface area contributed by atoms with Gasteiger partial charge in [0.15, 0.2) is 5.13 Å². The van der Waals surface area contributed by atoms with Crippen molar-refractivity contribution in [3.63, 3.8) is 0 Å². The predicted molar refractivity (Wildman–Crippen MR) is 130 cm³/mol. The number of amides is 2. The third-order valence-corrected chi connectivity index (χ3v) is 7.27. The number of aromatic nitrogens is 1. The number of nitrogens with zero attached hydrogens (tertiary/aromatic N) is 2. The third-order valence-electron chi connectivity index (χ3n) is 6.51. The molecule has 7 nitrogen and oxygen atoms in total. The number of halogens is 2. The van der Waals surface area contributed by atoms with Gasteiger partial charge in [-0.05, 0) is 36.8 Å². The Morgan fingerprint density at radius 1 is 1.28 bits per heavy atom. The maximum atomic E-state index is 13.4. The lowest BCUT2D eigenvalue weighted by Crippen LogP contribution is -2.33. The molecule has 1 aromatic heterocycles. The Morgan fingerprint density at radius 3 is 2.83 bits per heavy atom. The molecule has 1 saturated carbocycles. The number of carbonyl (C=O) groups is 2. The molecule has 1 fully saturated rings. The molecule has 36 heavy (non-hydrogen) atoms. The van der Waals surface area contributed by atoms with Gasteiger partial charge >= 0.3 is 0 Å². The summed E-state index contributed by atoms with van der Waals surface area (Å²) in [6.45, 7) is 1.97. The van der Waals surface area contributed by atoms with E-state index in [1.807, 2.05) is 6.92 Å². The monoisotopic (exact) mass is 508 g/mol. The lowest BCUT2D eigenvalue weighted by molar-refractivity contribution is -0.115. The second-order valence-corrected chi connectivity index (χ2v) is 10.0. The average molecular weight is 509 g/mol. The van der Waals surface area contributed by atoms with Gasteiger partial charge in [0.05, 0.1) is 36.2 Å². The molecule has 10 heteroatoms. The van der Waals surface area contributed by atoms with Crippen LogP contribution in [0.25, 0.3) is 11.3 Å². The van der Waals surface area contributed by atoms with Crippen molar-refractivity contribution in [2.24, 2.45) is 0 Å². The number of fused-ring (bicyclic) bond motifs is 1. The number of nitrogens with one attached hydrogen (secondary N) is 2. The van der Waals surface area contributed by atoms with E-state index in [0.717, 1.165) is 0 Å². The van der Waals surface area contributed by atoms with Crippen molar-refractivity contribution in [3.05, 3.63) is 64.5 Å². The summed E-state index contributed by atoms with van der Waals surface area (Å²) in [5.41, 5.74) is 2.07. The minimum absolute atomic E-state index is 0.141. The summed E-state index contributed by atoms with van der Waals surface area (Å²) in [5.74, 6) is -3.73. The molecule has 2 N–H and O–H groups in total. The first-order valence-corrected chi connectivity index (χ1v) is 12.3. The van der Waals surface area contributed by atoms with E-state index < -0.39 is 29.1 Å². The van der Waals surface area contributed by atoms with Crippen LogP contribution in [0.15, 0.2) is 47.8 Å². The van der Waals surface area contributed by atoms with Gasteiger partial charge in [0.2, 0.25) is 5.91 Å². The fraction of sp³-hybridized carbons (Fsp3) is 0.308. The largest absolute Gasteiger partial charge is 0.493 e. The Hall–Kier alpha value is -3.84. The van der Waals surface area contributed by atoms with Gasteiger partial charge in [-0.1, -0.05) is 18.2 Å². The summed E-state index contributed by atoms with van der Waals surface area (Å²) >= 11 is 1.20. The van der Waals surface area contributed by atoms with Crippen LogP contribution in [0.4, 0.5) is 13.9 Å². The molecular weight excluding hydrogens is 486 g/mol. The van der Waals surface area contributed by atoms with E-state index in [9.17, 15) is 23.6 Å². The fourth-order valence-corrected chi connectivity index (χ4v) is 4.96. The Balaban J connectivity index is 1.19. The molecule has 2 amide bonds. The van der Waals surface area contributed by atoms with Crippen molar-refractivity contribution >= 4 is 28.3 Å². The van der Waals surface area contributed by atoms with Gasteiger partial charge in [-0.2, -0.15) is 5.26 Å². The Kier molecular flexibility index (Phi) is 5.96. The topological polar surface area (TPSA) is 104 Å². The second-order valence-electron chi connectivity index (χ2n) is 9.17. The molecule has 1 aliphatic carbocycles. The fourth-order valence-electron chi connectivity index (χ4n) is 4.22. The van der Waals surface area contributed by atoms with Gasteiger partial charge in [-0.3, -0.25) is 9.59 Å². The lowest BCUT2D eigenvalue weighted by Gasteiger charge is -2.30. The molecule has 1 aliphatic heterocycles. The van der Waals surface area contributed by atoms with Gasteiger partial charge in [0, 0.05) is 34.9 Å². The highest BCUT2D eigenvalue weighted by molar-refractivity contribution is 7.14. The van der Waals surface area contributed by atoms with Crippen molar-refractivity contribution < 1.29 is 23.1 Å². The van der Waals surface area contributed by atoms with Gasteiger partial charge in [-0.15, -0.1) is 11.3 Å². The molecular formula is C26H22F2N4O3S. The number of rotatable bonds is 6. The Bertz CT molecular complexity index is 1400. The number of anilines is 1. The molecule has 2 heterocycles. The number of benzene rings is 2. The summed E-state index contributed by atoms with van der Waals surface area (Å²) in [4.78, 5) is 29.4. The number of alkyl halides is 2. The second kappa shape index (κ2) is 8.99. The van der Waals surface area contributed by atoms with Crippen LogP contribution in [-0.2, 0) is 10.2 Å². The number of carbonyl (C=O) groups excluding carboxylic acids is 2. The van der Waals surface area contributed by atoms with Crippen molar-refractivity contribution in [2.75, 3.05) is 18.5 Å². The molecule has 2 aliphatic rings. The van der Waals surface area contributed by atoms with Crippen LogP contribution in [-0.4, -0.2) is 35.9 Å². The van der Waals surface area contributed by atoms with Gasteiger partial charge < -0.3 is 15.4 Å². The first-order valence-electron chi connectivity index (χ1n) is 11.4. The van der Waals surface area contributed by atoms with Gasteiger partial charge in [0.25, 0.3) is 11.8 Å². The summed E-state index contributed by atoms with van der Waals surface area (Å²) < 4.78 is 32.4. The quantitative estimate of drug-likeness (QED) is 0.495. The van der Waals surface area contributed by atoms with E-state index in [4.69, 9.17) is 4.74 Å². The third kappa shape index (κ3) is 4.66. The number of ether oxygens (including phenoxy) is 1. The SMILES string of the molecule is C[C@@]1(C#N)CCOc2ccc(C(=O)NCC(=O)Nc3nc(-c4cccc([C@@H]5CC5(F)F)c4)cs3)cc21. The molecule has 0 bridgehead atoms. The van der Waals surface area contributed by atoms with Crippen LogP contribution in [0, 0.1) is 11.3 Å². The van der Waals surface area contributed by atoms with Crippen LogP contribution in [0.1, 0.15) is 47.2 Å². The molecule has 184 valence electrons. The van der Waals surface area contributed by atoms with E-state index >= 15 is 0 Å². The standard InChI is InChI=1S/C26H22F2N4O3S/c1-25(14-29)7-8-35-21-6-5-17(10-18(21)25)23(34)30-12-22(33)32-24-31-20(13-36-24)16-4-2-3-15(9-16)19-11-26(19,27)28/h2-6,9-10,13,19H,7-8,11-12H2,1H3,(H,30,34)(H,31,32,33)/t19-,25-/m0/s1. The van der Waals surface area contributed by atoms with Crippen molar-refractivity contribution in [2.45, 2.75) is 37.0 Å². The van der Waals surface area contributed by atoms with Crippen LogP contribution in [0.3, 0.4) is 0 Å². The molecule has 0 unspecified atom stereocenters. The highest BCUT2D eigenvalue weighted by Gasteiger charge is 2.57. The minimum Gasteiger partial charge on any atom is -0.493 e. The van der Waals surface area contributed by atoms with Gasteiger partial charge in [0.1, 0.15) is 5.75 Å². The van der Waals surface area contributed by atoms with Crippen molar-refractivity contribution in [1.29, 1.82) is 5.26 Å². The van der Waals surface area contributed by atoms with Crippen LogP contribution in [0.5, 0.6) is 5.75 Å².